The van der Waals surface area contributed by atoms with E-state index in [0.29, 0.717) is 35.0 Å². The van der Waals surface area contributed by atoms with Gasteiger partial charge in [-0.05, 0) is 55.3 Å². The molecule has 2 aliphatic heterocycles. The second-order valence-electron chi connectivity index (χ2n) is 7.56. The predicted molar refractivity (Wildman–Crippen MR) is 118 cm³/mol. The fourth-order valence-corrected chi connectivity index (χ4v) is 3.79. The number of nitrogens with zero attached hydrogens (tertiary/aromatic N) is 1. The van der Waals surface area contributed by atoms with Crippen molar-refractivity contribution in [3.8, 4) is 11.5 Å². The second kappa shape index (κ2) is 7.68. The monoisotopic (exact) mass is 415 g/mol. The summed E-state index contributed by atoms with van der Waals surface area (Å²) >= 11 is 0. The van der Waals surface area contributed by atoms with Crippen LogP contribution >= 0.6 is 0 Å². The van der Waals surface area contributed by atoms with Crippen LogP contribution in [-0.4, -0.2) is 25.3 Å². The van der Waals surface area contributed by atoms with Gasteiger partial charge in [0.2, 0.25) is 6.79 Å². The summed E-state index contributed by atoms with van der Waals surface area (Å²) in [4.78, 5) is 27.2. The Balaban J connectivity index is 1.30. The van der Waals surface area contributed by atoms with Crippen molar-refractivity contribution in [2.45, 2.75) is 13.3 Å². The van der Waals surface area contributed by atoms with Gasteiger partial charge in [-0.1, -0.05) is 23.8 Å². The summed E-state index contributed by atoms with van der Waals surface area (Å²) in [5.41, 5.74) is 4.88. The third-order valence-corrected chi connectivity index (χ3v) is 5.41. The average Bonchev–Trinajstić information content (AvgIpc) is 3.40. The van der Waals surface area contributed by atoms with E-state index in [0.717, 1.165) is 23.2 Å². The van der Waals surface area contributed by atoms with Crippen LogP contribution in [0.4, 0.5) is 21.9 Å². The molecule has 3 amide bonds. The van der Waals surface area contributed by atoms with Gasteiger partial charge in [0.1, 0.15) is 0 Å². The molecule has 0 atom stereocenters. The first-order chi connectivity index (χ1) is 15.1. The minimum absolute atomic E-state index is 0.0410. The maximum Gasteiger partial charge on any atom is 0.323 e. The molecule has 0 radical (unpaired) electrons. The van der Waals surface area contributed by atoms with E-state index in [1.807, 2.05) is 49.4 Å². The standard InChI is InChI=1S/C24H21N3O4/c1-15-2-4-17(5-3-15)23(28)27-11-10-16-6-7-18(12-20(16)27)25-24(29)26-19-8-9-21-22(13-19)31-14-30-21/h2-9,12-13H,10-11,14H2,1H3,(H2,25,26,29). The Hall–Kier alpha value is -4.00. The summed E-state index contributed by atoms with van der Waals surface area (Å²) in [6, 6.07) is 18.0. The van der Waals surface area contributed by atoms with E-state index in [2.05, 4.69) is 10.6 Å². The van der Waals surface area contributed by atoms with Crippen LogP contribution in [0.2, 0.25) is 0 Å². The first-order valence-electron chi connectivity index (χ1n) is 10.1. The van der Waals surface area contributed by atoms with Crippen LogP contribution in [0.5, 0.6) is 11.5 Å². The summed E-state index contributed by atoms with van der Waals surface area (Å²) in [5, 5.41) is 5.62. The molecule has 0 aromatic heterocycles. The molecule has 156 valence electrons. The Morgan fingerprint density at radius 1 is 0.871 bits per heavy atom. The van der Waals surface area contributed by atoms with E-state index >= 15 is 0 Å². The van der Waals surface area contributed by atoms with Gasteiger partial charge < -0.3 is 25.0 Å². The van der Waals surface area contributed by atoms with Gasteiger partial charge in [0.15, 0.2) is 11.5 Å². The number of rotatable bonds is 3. The summed E-state index contributed by atoms with van der Waals surface area (Å²) in [6.07, 6.45) is 0.788. The van der Waals surface area contributed by atoms with Crippen molar-refractivity contribution in [1.29, 1.82) is 0 Å². The Bertz CT molecular complexity index is 1170. The van der Waals surface area contributed by atoms with Gasteiger partial charge in [-0.2, -0.15) is 0 Å². The third kappa shape index (κ3) is 3.77. The lowest BCUT2D eigenvalue weighted by atomic mass is 10.1. The number of carbonyl (C=O) groups is 2. The van der Waals surface area contributed by atoms with Crippen LogP contribution in [0.15, 0.2) is 60.7 Å². The van der Waals surface area contributed by atoms with Crippen LogP contribution in [0.25, 0.3) is 0 Å². The Morgan fingerprint density at radius 2 is 1.58 bits per heavy atom. The van der Waals surface area contributed by atoms with E-state index < -0.39 is 0 Å². The minimum atomic E-state index is -0.381. The number of fused-ring (bicyclic) bond motifs is 2. The van der Waals surface area contributed by atoms with Gasteiger partial charge in [-0.3, -0.25) is 4.79 Å². The molecule has 2 heterocycles. The van der Waals surface area contributed by atoms with Gasteiger partial charge in [0, 0.05) is 35.2 Å². The second-order valence-corrected chi connectivity index (χ2v) is 7.56. The van der Waals surface area contributed by atoms with Crippen molar-refractivity contribution in [2.24, 2.45) is 0 Å². The van der Waals surface area contributed by atoms with E-state index in [-0.39, 0.29) is 18.7 Å². The number of hydrogen-bond acceptors (Lipinski definition) is 4. The molecule has 0 saturated heterocycles. The SMILES string of the molecule is Cc1ccc(C(=O)N2CCc3ccc(NC(=O)Nc4ccc5c(c4)OCO5)cc32)cc1. The van der Waals surface area contributed by atoms with Crippen molar-refractivity contribution in [1.82, 2.24) is 0 Å². The number of nitrogens with one attached hydrogen (secondary N) is 2. The number of ether oxygens (including phenoxy) is 2. The molecule has 0 spiro atoms. The number of hydrogen-bond donors (Lipinski definition) is 2. The molecule has 7 nitrogen and oxygen atoms in total. The lowest BCUT2D eigenvalue weighted by Crippen LogP contribution is -2.29. The smallest absolute Gasteiger partial charge is 0.323 e. The third-order valence-electron chi connectivity index (χ3n) is 5.41. The molecule has 2 aliphatic rings. The Morgan fingerprint density at radius 3 is 2.39 bits per heavy atom. The summed E-state index contributed by atoms with van der Waals surface area (Å²) in [5.74, 6) is 1.21. The summed E-state index contributed by atoms with van der Waals surface area (Å²) < 4.78 is 10.6. The number of benzene rings is 3. The zero-order chi connectivity index (χ0) is 21.4. The number of anilines is 3. The Kier molecular flexibility index (Phi) is 4.71. The molecule has 0 fully saturated rings. The van der Waals surface area contributed by atoms with Gasteiger partial charge in [0.05, 0.1) is 0 Å². The molecule has 0 unspecified atom stereocenters. The molecule has 7 heteroatoms. The van der Waals surface area contributed by atoms with Gasteiger partial charge in [0.25, 0.3) is 5.91 Å². The Labute approximate surface area is 179 Å². The number of carbonyl (C=O) groups excluding carboxylic acids is 2. The quantitative estimate of drug-likeness (QED) is 0.657. The molecule has 0 saturated carbocycles. The normalized spacial score (nSPS) is 13.6. The molecule has 31 heavy (non-hydrogen) atoms. The van der Waals surface area contributed by atoms with Crippen LogP contribution in [-0.2, 0) is 6.42 Å². The lowest BCUT2D eigenvalue weighted by molar-refractivity contribution is 0.0989. The molecule has 5 rings (SSSR count). The average molecular weight is 415 g/mol. The lowest BCUT2D eigenvalue weighted by Gasteiger charge is -2.18. The maximum atomic E-state index is 13.0. The molecular formula is C24H21N3O4. The highest BCUT2D eigenvalue weighted by Gasteiger charge is 2.26. The van der Waals surface area contributed by atoms with E-state index in [4.69, 9.17) is 9.47 Å². The first kappa shape index (κ1) is 19.0. The highest BCUT2D eigenvalue weighted by molar-refractivity contribution is 6.08. The highest BCUT2D eigenvalue weighted by Crippen LogP contribution is 2.35. The van der Waals surface area contributed by atoms with E-state index in [1.165, 1.54) is 0 Å². The topological polar surface area (TPSA) is 79.9 Å². The van der Waals surface area contributed by atoms with Crippen LogP contribution in [0, 0.1) is 6.92 Å². The number of amides is 3. The summed E-state index contributed by atoms with van der Waals surface area (Å²) in [7, 11) is 0. The van der Waals surface area contributed by atoms with Crippen molar-refractivity contribution >= 4 is 29.0 Å². The van der Waals surface area contributed by atoms with E-state index in [1.54, 1.807) is 23.1 Å². The zero-order valence-corrected chi connectivity index (χ0v) is 17.0. The first-order valence-corrected chi connectivity index (χ1v) is 10.1. The van der Waals surface area contributed by atoms with Gasteiger partial charge in [-0.25, -0.2) is 4.79 Å². The van der Waals surface area contributed by atoms with Gasteiger partial charge in [-0.15, -0.1) is 0 Å². The van der Waals surface area contributed by atoms with E-state index in [9.17, 15) is 9.59 Å². The predicted octanol–water partition coefficient (Wildman–Crippen LogP) is 4.57. The molecule has 3 aromatic carbocycles. The molecule has 3 aromatic rings. The van der Waals surface area contributed by atoms with Crippen molar-refractivity contribution in [2.75, 3.05) is 28.9 Å². The van der Waals surface area contributed by atoms with Crippen LogP contribution < -0.4 is 25.0 Å². The largest absolute Gasteiger partial charge is 0.454 e. The fraction of sp³-hybridized carbons (Fsp3) is 0.167. The van der Waals surface area contributed by atoms with Crippen LogP contribution in [0.1, 0.15) is 21.5 Å². The fourth-order valence-electron chi connectivity index (χ4n) is 3.79. The van der Waals surface area contributed by atoms with Gasteiger partial charge >= 0.3 is 6.03 Å². The maximum absolute atomic E-state index is 13.0. The van der Waals surface area contributed by atoms with Crippen molar-refractivity contribution < 1.29 is 19.1 Å². The number of urea groups is 1. The van der Waals surface area contributed by atoms with Crippen molar-refractivity contribution in [3.05, 3.63) is 77.4 Å². The molecule has 0 bridgehead atoms. The minimum Gasteiger partial charge on any atom is -0.454 e. The molecule has 0 aliphatic carbocycles. The highest BCUT2D eigenvalue weighted by atomic mass is 16.7. The number of aryl methyl sites for hydroxylation is 1. The van der Waals surface area contributed by atoms with Crippen molar-refractivity contribution in [3.63, 3.8) is 0 Å². The zero-order valence-electron chi connectivity index (χ0n) is 17.0. The molecular weight excluding hydrogens is 394 g/mol. The summed E-state index contributed by atoms with van der Waals surface area (Å²) in [6.45, 7) is 2.79. The van der Waals surface area contributed by atoms with Crippen LogP contribution in [0.3, 0.4) is 0 Å². The molecule has 2 N–H and O–H groups in total.